The summed E-state index contributed by atoms with van der Waals surface area (Å²) in [5, 5.41) is 3.75. The highest BCUT2D eigenvalue weighted by atomic mass is 19.1. The number of carbonyl (C=O) groups excluding carboxylic acids is 1. The molecule has 0 aliphatic carbocycles. The minimum absolute atomic E-state index is 0.203. The molecule has 0 atom stereocenters. The van der Waals surface area contributed by atoms with E-state index >= 15 is 0 Å². The van der Waals surface area contributed by atoms with Crippen molar-refractivity contribution in [2.45, 2.75) is 6.92 Å². The van der Waals surface area contributed by atoms with E-state index in [2.05, 4.69) is 10.3 Å². The summed E-state index contributed by atoms with van der Waals surface area (Å²) >= 11 is 0. The highest BCUT2D eigenvalue weighted by molar-refractivity contribution is 6.13. The number of hydrogen-bond acceptors (Lipinski definition) is 2. The largest absolute Gasteiger partial charge is 0.322 e. The monoisotopic (exact) mass is 356 g/mol. The number of para-hydroxylation sites is 2. The number of pyridine rings is 1. The topological polar surface area (TPSA) is 42.0 Å². The number of aromatic nitrogens is 1. The van der Waals surface area contributed by atoms with Crippen molar-refractivity contribution in [1.82, 2.24) is 4.98 Å². The van der Waals surface area contributed by atoms with Gasteiger partial charge in [-0.3, -0.25) is 4.79 Å². The van der Waals surface area contributed by atoms with Gasteiger partial charge in [0.05, 0.1) is 16.8 Å². The van der Waals surface area contributed by atoms with Gasteiger partial charge in [0.1, 0.15) is 5.82 Å². The Morgan fingerprint density at radius 3 is 2.41 bits per heavy atom. The second-order valence-electron chi connectivity index (χ2n) is 6.35. The van der Waals surface area contributed by atoms with Crippen LogP contribution in [0.4, 0.5) is 10.1 Å². The zero-order chi connectivity index (χ0) is 18.8. The lowest BCUT2D eigenvalue weighted by Crippen LogP contribution is -2.13. The number of aryl methyl sites for hydroxylation is 1. The van der Waals surface area contributed by atoms with Crippen molar-refractivity contribution < 1.29 is 9.18 Å². The normalized spacial score (nSPS) is 10.7. The Morgan fingerprint density at radius 2 is 1.63 bits per heavy atom. The number of rotatable bonds is 3. The van der Waals surface area contributed by atoms with Crippen LogP contribution in [0.1, 0.15) is 15.9 Å². The molecular formula is C23H17FN2O. The van der Waals surface area contributed by atoms with Crippen LogP contribution in [-0.2, 0) is 0 Å². The first kappa shape index (κ1) is 16.9. The Kier molecular flexibility index (Phi) is 4.38. The van der Waals surface area contributed by atoms with Crippen molar-refractivity contribution in [3.8, 4) is 11.3 Å². The molecule has 4 heteroatoms. The van der Waals surface area contributed by atoms with Gasteiger partial charge in [0.2, 0.25) is 0 Å². The third-order valence-corrected chi connectivity index (χ3v) is 4.49. The second kappa shape index (κ2) is 7.00. The predicted molar refractivity (Wildman–Crippen MR) is 106 cm³/mol. The molecule has 1 amide bonds. The fraction of sp³-hybridized carbons (Fsp3) is 0.0435. The molecule has 27 heavy (non-hydrogen) atoms. The lowest BCUT2D eigenvalue weighted by atomic mass is 10.0. The number of nitrogens with one attached hydrogen (secondary N) is 1. The summed E-state index contributed by atoms with van der Waals surface area (Å²) in [6.45, 7) is 1.95. The van der Waals surface area contributed by atoms with Crippen LogP contribution >= 0.6 is 0 Å². The van der Waals surface area contributed by atoms with E-state index in [0.29, 0.717) is 16.8 Å². The number of nitrogens with zero attached hydrogens (tertiary/aromatic N) is 1. The van der Waals surface area contributed by atoms with Crippen molar-refractivity contribution >= 4 is 22.5 Å². The standard InChI is InChI=1S/C23H17FN2O/c1-15-6-2-4-8-20(15)26-23(27)19-14-22(16-10-12-17(24)13-11-16)25-21-9-5-3-7-18(19)21/h2-14H,1H3,(H,26,27). The molecule has 0 fully saturated rings. The van der Waals surface area contributed by atoms with Crippen molar-refractivity contribution in [2.75, 3.05) is 5.32 Å². The first-order valence-electron chi connectivity index (χ1n) is 8.64. The third kappa shape index (κ3) is 3.42. The Hall–Kier alpha value is -3.53. The van der Waals surface area contributed by atoms with E-state index in [1.54, 1.807) is 18.2 Å². The van der Waals surface area contributed by atoms with Crippen molar-refractivity contribution in [2.24, 2.45) is 0 Å². The van der Waals surface area contributed by atoms with Crippen LogP contribution in [0.3, 0.4) is 0 Å². The van der Waals surface area contributed by atoms with Gasteiger partial charge >= 0.3 is 0 Å². The minimum Gasteiger partial charge on any atom is -0.322 e. The zero-order valence-electron chi connectivity index (χ0n) is 14.7. The SMILES string of the molecule is Cc1ccccc1NC(=O)c1cc(-c2ccc(F)cc2)nc2ccccc12. The van der Waals surface area contributed by atoms with Gasteiger partial charge in [-0.2, -0.15) is 0 Å². The first-order valence-corrected chi connectivity index (χ1v) is 8.64. The lowest BCUT2D eigenvalue weighted by Gasteiger charge is -2.12. The average molecular weight is 356 g/mol. The smallest absolute Gasteiger partial charge is 0.256 e. The van der Waals surface area contributed by atoms with Crippen molar-refractivity contribution in [1.29, 1.82) is 0 Å². The van der Waals surface area contributed by atoms with E-state index < -0.39 is 0 Å². The Bertz CT molecular complexity index is 1140. The first-order chi connectivity index (χ1) is 13.1. The molecule has 0 bridgehead atoms. The highest BCUT2D eigenvalue weighted by Gasteiger charge is 2.15. The van der Waals surface area contributed by atoms with Gasteiger partial charge in [-0.25, -0.2) is 9.37 Å². The molecule has 0 unspecified atom stereocenters. The molecule has 4 aromatic rings. The number of anilines is 1. The summed E-state index contributed by atoms with van der Waals surface area (Å²) in [6, 6.07) is 23.0. The molecule has 1 heterocycles. The molecule has 1 N–H and O–H groups in total. The number of amides is 1. The molecule has 3 aromatic carbocycles. The second-order valence-corrected chi connectivity index (χ2v) is 6.35. The molecule has 0 aliphatic heterocycles. The number of benzene rings is 3. The molecule has 0 aliphatic rings. The maximum atomic E-state index is 13.3. The highest BCUT2D eigenvalue weighted by Crippen LogP contribution is 2.26. The van der Waals surface area contributed by atoms with Gasteiger partial charge in [0, 0.05) is 16.6 Å². The van der Waals surface area contributed by atoms with Crippen LogP contribution in [0.25, 0.3) is 22.2 Å². The van der Waals surface area contributed by atoms with E-state index in [1.165, 1.54) is 12.1 Å². The summed E-state index contributed by atoms with van der Waals surface area (Å²) in [7, 11) is 0. The van der Waals surface area contributed by atoms with Gasteiger partial charge in [-0.05, 0) is 55.0 Å². The van der Waals surface area contributed by atoms with Gasteiger partial charge in [-0.1, -0.05) is 36.4 Å². The van der Waals surface area contributed by atoms with Crippen molar-refractivity contribution in [3.63, 3.8) is 0 Å². The van der Waals surface area contributed by atoms with Crippen LogP contribution in [0.15, 0.2) is 78.9 Å². The summed E-state index contributed by atoms with van der Waals surface area (Å²) < 4.78 is 13.3. The summed E-state index contributed by atoms with van der Waals surface area (Å²) in [5.74, 6) is -0.511. The number of hydrogen-bond donors (Lipinski definition) is 1. The summed E-state index contributed by atoms with van der Waals surface area (Å²) in [4.78, 5) is 17.7. The van der Waals surface area contributed by atoms with E-state index in [4.69, 9.17) is 0 Å². The van der Waals surface area contributed by atoms with Crippen LogP contribution in [0.5, 0.6) is 0 Å². The van der Waals surface area contributed by atoms with Crippen LogP contribution in [0.2, 0.25) is 0 Å². The Morgan fingerprint density at radius 1 is 0.926 bits per heavy atom. The molecule has 1 aromatic heterocycles. The molecule has 132 valence electrons. The van der Waals surface area contributed by atoms with Crippen molar-refractivity contribution in [3.05, 3.63) is 95.8 Å². The van der Waals surface area contributed by atoms with E-state index in [-0.39, 0.29) is 11.7 Å². The lowest BCUT2D eigenvalue weighted by molar-refractivity contribution is 0.102. The molecule has 0 saturated carbocycles. The fourth-order valence-electron chi connectivity index (χ4n) is 3.03. The van der Waals surface area contributed by atoms with Gasteiger partial charge < -0.3 is 5.32 Å². The van der Waals surface area contributed by atoms with E-state index in [1.807, 2.05) is 55.5 Å². The zero-order valence-corrected chi connectivity index (χ0v) is 14.7. The summed E-state index contributed by atoms with van der Waals surface area (Å²) in [6.07, 6.45) is 0. The molecule has 0 radical (unpaired) electrons. The van der Waals surface area contributed by atoms with Gasteiger partial charge in [0.25, 0.3) is 5.91 Å². The molecule has 0 spiro atoms. The number of halogens is 1. The minimum atomic E-state index is -0.308. The summed E-state index contributed by atoms with van der Waals surface area (Å²) in [5.41, 5.74) is 4.39. The van der Waals surface area contributed by atoms with E-state index in [0.717, 1.165) is 22.2 Å². The number of fused-ring (bicyclic) bond motifs is 1. The molecular weight excluding hydrogens is 339 g/mol. The molecule has 4 rings (SSSR count). The molecule has 3 nitrogen and oxygen atoms in total. The Labute approximate surface area is 156 Å². The van der Waals surface area contributed by atoms with Gasteiger partial charge in [-0.15, -0.1) is 0 Å². The van der Waals surface area contributed by atoms with Gasteiger partial charge in [0.15, 0.2) is 0 Å². The van der Waals surface area contributed by atoms with Crippen LogP contribution < -0.4 is 5.32 Å². The maximum absolute atomic E-state index is 13.3. The maximum Gasteiger partial charge on any atom is 0.256 e. The Balaban J connectivity index is 1.82. The quantitative estimate of drug-likeness (QED) is 0.519. The third-order valence-electron chi connectivity index (χ3n) is 4.49. The van der Waals surface area contributed by atoms with Crippen LogP contribution in [-0.4, -0.2) is 10.9 Å². The molecule has 0 saturated heterocycles. The van der Waals surface area contributed by atoms with Crippen LogP contribution in [0, 0.1) is 12.7 Å². The number of carbonyl (C=O) groups is 1. The fourth-order valence-corrected chi connectivity index (χ4v) is 3.03. The average Bonchev–Trinajstić information content (AvgIpc) is 2.69. The predicted octanol–water partition coefficient (Wildman–Crippen LogP) is 5.60. The van der Waals surface area contributed by atoms with E-state index in [9.17, 15) is 9.18 Å².